The van der Waals surface area contributed by atoms with E-state index in [4.69, 9.17) is 11.6 Å². The number of aromatic nitrogens is 4. The number of hydrogen-bond donors (Lipinski definition) is 0. The summed E-state index contributed by atoms with van der Waals surface area (Å²) in [4.78, 5) is 1.29. The van der Waals surface area contributed by atoms with Crippen LogP contribution in [0.25, 0.3) is 0 Å². The Bertz CT molecular complexity index is 142. The van der Waals surface area contributed by atoms with Crippen LogP contribution in [-0.4, -0.2) is 20.2 Å². The third kappa shape index (κ3) is 0.866. The normalized spacial score (nSPS) is 9.43. The summed E-state index contributed by atoms with van der Waals surface area (Å²) in [5.74, 6) is 0. The zero-order chi connectivity index (χ0) is 5.28. The zero-order valence-corrected chi connectivity index (χ0v) is 4.42. The van der Waals surface area contributed by atoms with Gasteiger partial charge in [0.15, 0.2) is 0 Å². The summed E-state index contributed by atoms with van der Waals surface area (Å²) in [7, 11) is 1.65. The van der Waals surface area contributed by atoms with Gasteiger partial charge in [-0.1, -0.05) is 5.10 Å². The van der Waals surface area contributed by atoms with Gasteiger partial charge in [0.05, 0.1) is 7.05 Å². The van der Waals surface area contributed by atoms with Crippen LogP contribution in [0.4, 0.5) is 0 Å². The molecule has 0 saturated carbocycles. The molecular weight excluding hydrogens is 116 g/mol. The lowest BCUT2D eigenvalue weighted by atomic mass is 11.4. The number of aryl methyl sites for hydroxylation is 1. The van der Waals surface area contributed by atoms with Crippen LogP contribution >= 0.6 is 11.6 Å². The molecular formula is C2H3ClN4. The van der Waals surface area contributed by atoms with Crippen LogP contribution in [0.5, 0.6) is 0 Å². The number of nitrogens with zero attached hydrogens (tertiary/aromatic N) is 4. The van der Waals surface area contributed by atoms with Crippen molar-refractivity contribution in [3.05, 3.63) is 5.28 Å². The van der Waals surface area contributed by atoms with Crippen molar-refractivity contribution in [1.82, 2.24) is 20.2 Å². The lowest BCUT2D eigenvalue weighted by molar-refractivity contribution is 0.630. The molecule has 1 rings (SSSR count). The molecule has 0 fully saturated rings. The minimum absolute atomic E-state index is 0.183. The second kappa shape index (κ2) is 1.46. The van der Waals surface area contributed by atoms with E-state index in [1.54, 1.807) is 7.05 Å². The van der Waals surface area contributed by atoms with Crippen molar-refractivity contribution in [3.63, 3.8) is 0 Å². The van der Waals surface area contributed by atoms with Crippen molar-refractivity contribution in [3.8, 4) is 0 Å². The highest BCUT2D eigenvalue weighted by molar-refractivity contribution is 6.28. The van der Waals surface area contributed by atoms with Gasteiger partial charge in [0.25, 0.3) is 5.28 Å². The molecule has 1 aromatic rings. The van der Waals surface area contributed by atoms with Gasteiger partial charge in [0.1, 0.15) is 0 Å². The summed E-state index contributed by atoms with van der Waals surface area (Å²) in [6.07, 6.45) is 0. The molecule has 0 radical (unpaired) electrons. The van der Waals surface area contributed by atoms with E-state index in [2.05, 4.69) is 15.4 Å². The predicted molar refractivity (Wildman–Crippen MR) is 23.8 cm³/mol. The molecule has 1 heterocycles. The molecule has 0 saturated heterocycles. The number of hydrogen-bond acceptors (Lipinski definition) is 3. The second-order valence-electron chi connectivity index (χ2n) is 1.05. The van der Waals surface area contributed by atoms with Crippen molar-refractivity contribution in [1.29, 1.82) is 0 Å². The van der Waals surface area contributed by atoms with Gasteiger partial charge < -0.3 is 0 Å². The summed E-state index contributed by atoms with van der Waals surface area (Å²) in [5, 5.41) is 10.6. The highest BCUT2D eigenvalue weighted by Gasteiger charge is 1.88. The van der Waals surface area contributed by atoms with E-state index < -0.39 is 0 Å². The standard InChI is InChI=1S/C2H3ClN4/c1-7-5-2(3)4-6-7/h1H3. The molecule has 0 aliphatic rings. The molecule has 0 unspecified atom stereocenters. The maximum atomic E-state index is 5.25. The summed E-state index contributed by atoms with van der Waals surface area (Å²) < 4.78 is 0. The number of rotatable bonds is 0. The summed E-state index contributed by atoms with van der Waals surface area (Å²) in [5.41, 5.74) is 0. The minimum Gasteiger partial charge on any atom is -0.166 e. The van der Waals surface area contributed by atoms with Gasteiger partial charge in [-0.25, -0.2) is 0 Å². The lowest BCUT2D eigenvalue weighted by Crippen LogP contribution is -1.91. The van der Waals surface area contributed by atoms with Gasteiger partial charge in [-0.15, -0.1) is 5.10 Å². The Morgan fingerprint density at radius 3 is 2.57 bits per heavy atom. The summed E-state index contributed by atoms with van der Waals surface area (Å²) in [6.45, 7) is 0. The fourth-order valence-electron chi connectivity index (χ4n) is 0.261. The van der Waals surface area contributed by atoms with E-state index in [9.17, 15) is 0 Å². The van der Waals surface area contributed by atoms with Crippen LogP contribution < -0.4 is 0 Å². The van der Waals surface area contributed by atoms with Gasteiger partial charge in [-0.3, -0.25) is 0 Å². The molecule has 4 nitrogen and oxygen atoms in total. The van der Waals surface area contributed by atoms with E-state index in [-0.39, 0.29) is 5.28 Å². The first-order valence-electron chi connectivity index (χ1n) is 1.68. The largest absolute Gasteiger partial charge is 0.264 e. The van der Waals surface area contributed by atoms with E-state index >= 15 is 0 Å². The SMILES string of the molecule is Cn1nnc(Cl)n1. The molecule has 0 aliphatic carbocycles. The van der Waals surface area contributed by atoms with Crippen LogP contribution in [0.3, 0.4) is 0 Å². The molecule has 1 aromatic heterocycles. The van der Waals surface area contributed by atoms with Crippen LogP contribution in [0.2, 0.25) is 5.28 Å². The Morgan fingerprint density at radius 1 is 1.71 bits per heavy atom. The maximum Gasteiger partial charge on any atom is 0.264 e. The molecule has 7 heavy (non-hydrogen) atoms. The Labute approximate surface area is 45.1 Å². The quantitative estimate of drug-likeness (QED) is 0.477. The van der Waals surface area contributed by atoms with Crippen molar-refractivity contribution in [2.75, 3.05) is 0 Å². The van der Waals surface area contributed by atoms with Crippen molar-refractivity contribution in [2.24, 2.45) is 7.05 Å². The Kier molecular flexibility index (Phi) is 0.941. The van der Waals surface area contributed by atoms with Gasteiger partial charge >= 0.3 is 0 Å². The first-order chi connectivity index (χ1) is 3.29. The highest BCUT2D eigenvalue weighted by atomic mass is 35.5. The molecule has 0 atom stereocenters. The van der Waals surface area contributed by atoms with Crippen LogP contribution in [0.15, 0.2) is 0 Å². The fraction of sp³-hybridized carbons (Fsp3) is 0.500. The third-order valence-electron chi connectivity index (χ3n) is 0.484. The average Bonchev–Trinajstić information content (AvgIpc) is 1.87. The van der Waals surface area contributed by atoms with Crippen molar-refractivity contribution in [2.45, 2.75) is 0 Å². The molecule has 0 spiro atoms. The van der Waals surface area contributed by atoms with Gasteiger partial charge in [-0.2, -0.15) is 4.80 Å². The second-order valence-corrected chi connectivity index (χ2v) is 1.39. The molecule has 0 amide bonds. The summed E-state index contributed by atoms with van der Waals surface area (Å²) >= 11 is 5.25. The molecule has 5 heteroatoms. The van der Waals surface area contributed by atoms with Gasteiger partial charge in [0.2, 0.25) is 0 Å². The smallest absolute Gasteiger partial charge is 0.166 e. The van der Waals surface area contributed by atoms with Crippen LogP contribution in [0.1, 0.15) is 0 Å². The molecule has 0 aliphatic heterocycles. The van der Waals surface area contributed by atoms with E-state index in [1.807, 2.05) is 0 Å². The third-order valence-corrected chi connectivity index (χ3v) is 0.635. The number of tetrazole rings is 1. The minimum atomic E-state index is 0.183. The fourth-order valence-corrected chi connectivity index (χ4v) is 0.404. The van der Waals surface area contributed by atoms with Gasteiger partial charge in [-0.05, 0) is 16.8 Å². The average molecular weight is 119 g/mol. The first kappa shape index (κ1) is 4.52. The summed E-state index contributed by atoms with van der Waals surface area (Å²) in [6, 6.07) is 0. The lowest BCUT2D eigenvalue weighted by Gasteiger charge is -1.72. The zero-order valence-electron chi connectivity index (χ0n) is 3.67. The van der Waals surface area contributed by atoms with Crippen molar-refractivity contribution < 1.29 is 0 Å². The molecule has 0 N–H and O–H groups in total. The maximum absolute atomic E-state index is 5.25. The first-order valence-corrected chi connectivity index (χ1v) is 2.06. The Hall–Kier alpha value is -0.640. The van der Waals surface area contributed by atoms with E-state index in [0.717, 1.165) is 0 Å². The van der Waals surface area contributed by atoms with Crippen LogP contribution in [-0.2, 0) is 7.05 Å². The van der Waals surface area contributed by atoms with Crippen LogP contribution in [0, 0.1) is 0 Å². The topological polar surface area (TPSA) is 43.6 Å². The molecule has 0 aromatic carbocycles. The Morgan fingerprint density at radius 2 is 2.43 bits per heavy atom. The molecule has 0 bridgehead atoms. The van der Waals surface area contributed by atoms with Gasteiger partial charge in [0, 0.05) is 0 Å². The Balaban J connectivity index is 3.04. The van der Waals surface area contributed by atoms with E-state index in [0.29, 0.717) is 0 Å². The predicted octanol–water partition coefficient (Wildman–Crippen LogP) is -0.137. The van der Waals surface area contributed by atoms with E-state index in [1.165, 1.54) is 4.80 Å². The highest BCUT2D eigenvalue weighted by Crippen LogP contribution is 1.90. The number of halogens is 1. The van der Waals surface area contributed by atoms with Crippen molar-refractivity contribution >= 4 is 11.6 Å². The molecule has 38 valence electrons. The monoisotopic (exact) mass is 118 g/mol.